The molecule has 8 nitrogen and oxygen atoms in total. The number of amides is 1. The lowest BCUT2D eigenvalue weighted by Gasteiger charge is -2.18. The van der Waals surface area contributed by atoms with E-state index in [1.54, 1.807) is 19.1 Å². The number of rotatable bonds is 10. The third-order valence-corrected chi connectivity index (χ3v) is 5.72. The molecule has 3 rings (SSSR count). The molecule has 0 unspecified atom stereocenters. The number of phenols is 1. The van der Waals surface area contributed by atoms with Crippen LogP contribution in [0.5, 0.6) is 11.5 Å². The van der Waals surface area contributed by atoms with Crippen molar-refractivity contribution >= 4 is 35.5 Å². The van der Waals surface area contributed by atoms with Gasteiger partial charge in [0.15, 0.2) is 12.4 Å². The van der Waals surface area contributed by atoms with Crippen LogP contribution in [-0.4, -0.2) is 66.1 Å². The summed E-state index contributed by atoms with van der Waals surface area (Å²) in [6.45, 7) is 3.78. The second-order valence-electron chi connectivity index (χ2n) is 7.80. The van der Waals surface area contributed by atoms with Crippen LogP contribution in [0.2, 0.25) is 0 Å². The van der Waals surface area contributed by atoms with Crippen LogP contribution in [0.15, 0.2) is 45.4 Å². The third-order valence-electron chi connectivity index (χ3n) is 5.44. The van der Waals surface area contributed by atoms with E-state index in [2.05, 4.69) is 10.3 Å². The number of phenolic OH excluding ortho intramolecular Hbond substituents is 1. The zero-order valence-corrected chi connectivity index (χ0v) is 20.4. The second kappa shape index (κ2) is 11.7. The first-order chi connectivity index (χ1) is 16.4. The van der Waals surface area contributed by atoms with E-state index in [4.69, 9.17) is 9.47 Å². The number of carbonyl (C=O) groups is 3. The number of aromatic hydroxyl groups is 1. The average Bonchev–Trinajstić information content (AvgIpc) is 3.12. The minimum atomic E-state index is -0.514. The average molecular weight is 485 g/mol. The predicted molar refractivity (Wildman–Crippen MR) is 130 cm³/mol. The molecule has 34 heavy (non-hydrogen) atoms. The molecule has 0 aromatic heterocycles. The zero-order valence-electron chi connectivity index (χ0n) is 19.6. The van der Waals surface area contributed by atoms with Crippen molar-refractivity contribution in [1.29, 1.82) is 0 Å². The summed E-state index contributed by atoms with van der Waals surface area (Å²) in [6, 6.07) is 3.03. The van der Waals surface area contributed by atoms with Gasteiger partial charge in [0, 0.05) is 35.9 Å². The van der Waals surface area contributed by atoms with E-state index in [1.807, 2.05) is 19.3 Å². The van der Waals surface area contributed by atoms with Crippen LogP contribution in [0.1, 0.15) is 42.6 Å². The van der Waals surface area contributed by atoms with E-state index < -0.39 is 5.97 Å². The molecule has 1 aliphatic carbocycles. The summed E-state index contributed by atoms with van der Waals surface area (Å²) >= 11 is 1.31. The van der Waals surface area contributed by atoms with E-state index in [1.165, 1.54) is 22.9 Å². The van der Waals surface area contributed by atoms with Crippen LogP contribution < -0.4 is 4.74 Å². The molecule has 0 spiro atoms. The largest absolute Gasteiger partial charge is 0.507 e. The molecule has 0 radical (unpaired) electrons. The summed E-state index contributed by atoms with van der Waals surface area (Å²) in [5, 5.41) is 10.8. The van der Waals surface area contributed by atoms with Crippen LogP contribution in [0, 0.1) is 0 Å². The number of carbonyl (C=O) groups excluding carboxylic acids is 3. The van der Waals surface area contributed by atoms with Gasteiger partial charge >= 0.3 is 5.97 Å². The third kappa shape index (κ3) is 5.79. The van der Waals surface area contributed by atoms with Crippen molar-refractivity contribution in [1.82, 2.24) is 4.90 Å². The van der Waals surface area contributed by atoms with Crippen LogP contribution >= 0.6 is 11.9 Å². The van der Waals surface area contributed by atoms with Gasteiger partial charge in [0.05, 0.1) is 18.7 Å². The van der Waals surface area contributed by atoms with Gasteiger partial charge in [-0.25, -0.2) is 4.79 Å². The van der Waals surface area contributed by atoms with Gasteiger partial charge in [0.25, 0.3) is 5.91 Å². The van der Waals surface area contributed by atoms with Crippen LogP contribution in [0.3, 0.4) is 0 Å². The number of ether oxygens (including phenoxy) is 2. The SMILES string of the molecule is CCCc1c(OCC(=O)OCC)ccc(C(=O)CN2CC3=C(C=CC(=C=NSC)C3)C2=O)c1O. The highest BCUT2D eigenvalue weighted by atomic mass is 32.2. The molecule has 0 saturated heterocycles. The smallest absolute Gasteiger partial charge is 0.344 e. The molecule has 1 aromatic rings. The normalized spacial score (nSPS) is 14.7. The molecule has 180 valence electrons. The maximum atomic E-state index is 13.1. The molecule has 0 atom stereocenters. The van der Waals surface area contributed by atoms with Gasteiger partial charge in [-0.05, 0) is 61.0 Å². The lowest BCUT2D eigenvalue weighted by Crippen LogP contribution is -2.32. The van der Waals surface area contributed by atoms with Gasteiger partial charge < -0.3 is 19.5 Å². The first-order valence-corrected chi connectivity index (χ1v) is 12.3. The van der Waals surface area contributed by atoms with Crippen molar-refractivity contribution in [3.63, 3.8) is 0 Å². The van der Waals surface area contributed by atoms with Crippen molar-refractivity contribution in [2.45, 2.75) is 33.1 Å². The van der Waals surface area contributed by atoms with Crippen molar-refractivity contribution in [3.8, 4) is 11.5 Å². The Morgan fingerprint density at radius 1 is 1.26 bits per heavy atom. The fraction of sp³-hybridized carbons (Fsp3) is 0.400. The Bertz CT molecular complexity index is 1110. The Morgan fingerprint density at radius 3 is 2.76 bits per heavy atom. The quantitative estimate of drug-likeness (QED) is 0.235. The number of ketones is 1. The molecule has 1 amide bonds. The summed E-state index contributed by atoms with van der Waals surface area (Å²) in [4.78, 5) is 39.0. The Hall–Kier alpha value is -3.29. The first-order valence-electron chi connectivity index (χ1n) is 11.1. The first kappa shape index (κ1) is 25.3. The predicted octanol–water partition coefficient (Wildman–Crippen LogP) is 3.44. The molecule has 1 aromatic carbocycles. The second-order valence-corrected chi connectivity index (χ2v) is 8.35. The molecule has 0 bridgehead atoms. The van der Waals surface area contributed by atoms with Gasteiger partial charge in [0.1, 0.15) is 11.5 Å². The Labute approximate surface area is 203 Å². The number of hydrogen-bond acceptors (Lipinski definition) is 8. The standard InChI is InChI=1S/C25H28N2O6S/c1-4-6-20-22(33-15-23(29)32-5-2)10-9-19(24(20)30)21(28)14-27-13-17-11-16(12-26-34-3)7-8-18(17)25(27)31/h7-10,30H,4-6,11,13-15H2,1-3H3. The summed E-state index contributed by atoms with van der Waals surface area (Å²) in [5.41, 5.74) is 2.98. The molecule has 1 N–H and O–H groups in total. The van der Waals surface area contributed by atoms with E-state index in [0.29, 0.717) is 42.7 Å². The number of esters is 1. The fourth-order valence-electron chi connectivity index (χ4n) is 3.90. The van der Waals surface area contributed by atoms with Crippen molar-refractivity contribution in [3.05, 3.63) is 52.1 Å². The summed E-state index contributed by atoms with van der Waals surface area (Å²) in [6.07, 6.45) is 7.13. The molecular weight excluding hydrogens is 456 g/mol. The highest BCUT2D eigenvalue weighted by molar-refractivity contribution is 7.97. The van der Waals surface area contributed by atoms with Crippen molar-refractivity contribution < 1.29 is 29.0 Å². The van der Waals surface area contributed by atoms with Gasteiger partial charge in [-0.3, -0.25) is 9.59 Å². The Kier molecular flexibility index (Phi) is 8.73. The number of allylic oxidation sites excluding steroid dienone is 2. The molecular formula is C25H28N2O6S. The molecule has 1 heterocycles. The van der Waals surface area contributed by atoms with Gasteiger partial charge in [-0.1, -0.05) is 13.3 Å². The number of nitrogens with zero attached hydrogens (tertiary/aromatic N) is 2. The van der Waals surface area contributed by atoms with Crippen LogP contribution in [-0.2, 0) is 20.7 Å². The maximum Gasteiger partial charge on any atom is 0.344 e. The van der Waals surface area contributed by atoms with E-state index in [0.717, 1.165) is 11.1 Å². The van der Waals surface area contributed by atoms with Crippen LogP contribution in [0.4, 0.5) is 0 Å². The summed E-state index contributed by atoms with van der Waals surface area (Å²) in [7, 11) is 0. The highest BCUT2D eigenvalue weighted by Crippen LogP contribution is 2.34. The van der Waals surface area contributed by atoms with Gasteiger partial charge in [-0.15, -0.1) is 0 Å². The zero-order chi connectivity index (χ0) is 24.7. The van der Waals surface area contributed by atoms with Crippen molar-refractivity contribution in [2.75, 3.05) is 32.6 Å². The minimum absolute atomic E-state index is 0.118. The lowest BCUT2D eigenvalue weighted by molar-refractivity contribution is -0.145. The topological polar surface area (TPSA) is 106 Å². The van der Waals surface area contributed by atoms with E-state index >= 15 is 0 Å². The molecule has 0 saturated carbocycles. The number of Topliss-reactive ketones (excluding diaryl/α,β-unsaturated/α-hetero) is 1. The Morgan fingerprint density at radius 2 is 2.06 bits per heavy atom. The van der Waals surface area contributed by atoms with E-state index in [-0.39, 0.29) is 42.8 Å². The monoisotopic (exact) mass is 484 g/mol. The number of hydrogen-bond donors (Lipinski definition) is 1. The summed E-state index contributed by atoms with van der Waals surface area (Å²) in [5.74, 6) is 2.00. The molecule has 1 aliphatic heterocycles. The number of benzene rings is 1. The lowest BCUT2D eigenvalue weighted by atomic mass is 9.97. The molecule has 0 fully saturated rings. The van der Waals surface area contributed by atoms with Crippen LogP contribution in [0.25, 0.3) is 0 Å². The molecule has 2 aliphatic rings. The fourth-order valence-corrected chi connectivity index (χ4v) is 4.11. The molecule has 9 heteroatoms. The van der Waals surface area contributed by atoms with E-state index in [9.17, 15) is 19.5 Å². The Balaban J connectivity index is 1.73. The van der Waals surface area contributed by atoms with Crippen molar-refractivity contribution in [2.24, 2.45) is 4.40 Å². The van der Waals surface area contributed by atoms with Gasteiger partial charge in [-0.2, -0.15) is 4.40 Å². The van der Waals surface area contributed by atoms with Gasteiger partial charge in [0.2, 0.25) is 0 Å². The minimum Gasteiger partial charge on any atom is -0.507 e. The summed E-state index contributed by atoms with van der Waals surface area (Å²) < 4.78 is 14.4. The maximum absolute atomic E-state index is 13.1. The highest BCUT2D eigenvalue weighted by Gasteiger charge is 2.32.